The van der Waals surface area contributed by atoms with Crippen molar-refractivity contribution in [3.63, 3.8) is 0 Å². The minimum absolute atomic E-state index is 0.137. The van der Waals surface area contributed by atoms with Crippen LogP contribution < -0.4 is 4.74 Å². The van der Waals surface area contributed by atoms with Crippen molar-refractivity contribution in [3.8, 4) is 5.75 Å². The van der Waals surface area contributed by atoms with E-state index in [0.717, 1.165) is 16.0 Å². The van der Waals surface area contributed by atoms with E-state index in [9.17, 15) is 0 Å². The maximum Gasteiger partial charge on any atom is 0.178 e. The van der Waals surface area contributed by atoms with Gasteiger partial charge in [-0.2, -0.15) is 0 Å². The van der Waals surface area contributed by atoms with Crippen LogP contribution in [-0.2, 0) is 5.54 Å². The summed E-state index contributed by atoms with van der Waals surface area (Å²) < 4.78 is 8.85. The van der Waals surface area contributed by atoms with Crippen LogP contribution in [0.4, 0.5) is 0 Å². The quantitative estimate of drug-likeness (QED) is 0.825. The average molecular weight is 290 g/mol. The molecule has 1 aliphatic carbocycles. The highest BCUT2D eigenvalue weighted by Crippen LogP contribution is 2.38. The van der Waals surface area contributed by atoms with E-state index in [2.05, 4.69) is 28.6 Å². The van der Waals surface area contributed by atoms with Crippen molar-refractivity contribution in [1.82, 2.24) is 9.55 Å². The van der Waals surface area contributed by atoms with Gasteiger partial charge in [-0.15, -0.1) is 0 Å². The Hall–Kier alpha value is -1.29. The molecule has 4 heteroatoms. The molecule has 1 aromatic carbocycles. The van der Waals surface area contributed by atoms with Gasteiger partial charge in [0.15, 0.2) is 4.77 Å². The Morgan fingerprint density at radius 2 is 2.05 bits per heavy atom. The molecule has 1 aliphatic rings. The van der Waals surface area contributed by atoms with Gasteiger partial charge in [0.05, 0.1) is 12.1 Å². The first-order valence-electron chi connectivity index (χ1n) is 7.53. The number of imidazole rings is 1. The third kappa shape index (κ3) is 2.16. The van der Waals surface area contributed by atoms with E-state index in [0.29, 0.717) is 6.61 Å². The molecule has 3 nitrogen and oxygen atoms in total. The molecule has 1 aromatic heterocycles. The Balaban J connectivity index is 2.18. The SMILES string of the molecule is CCOc1cccc2c1[nH]c(=S)n2C1(C)CCCCC1. The molecule has 0 aliphatic heterocycles. The van der Waals surface area contributed by atoms with E-state index in [1.165, 1.54) is 37.6 Å². The minimum Gasteiger partial charge on any atom is -0.492 e. The number of para-hydroxylation sites is 1. The Labute approximate surface area is 125 Å². The minimum atomic E-state index is 0.137. The molecule has 2 aromatic rings. The number of hydrogen-bond acceptors (Lipinski definition) is 2. The lowest BCUT2D eigenvalue weighted by Crippen LogP contribution is -2.32. The number of H-pyrrole nitrogens is 1. The molecule has 0 unspecified atom stereocenters. The number of benzene rings is 1. The van der Waals surface area contributed by atoms with Crippen molar-refractivity contribution < 1.29 is 4.74 Å². The fraction of sp³-hybridized carbons (Fsp3) is 0.562. The fourth-order valence-corrected chi connectivity index (χ4v) is 3.87. The third-order valence-electron chi connectivity index (χ3n) is 4.45. The topological polar surface area (TPSA) is 29.9 Å². The maximum atomic E-state index is 5.72. The van der Waals surface area contributed by atoms with Gasteiger partial charge in [-0.05, 0) is 51.0 Å². The number of nitrogens with zero attached hydrogens (tertiary/aromatic N) is 1. The molecule has 1 heterocycles. The van der Waals surface area contributed by atoms with Crippen LogP contribution in [-0.4, -0.2) is 16.2 Å². The highest BCUT2D eigenvalue weighted by molar-refractivity contribution is 7.71. The van der Waals surface area contributed by atoms with Crippen LogP contribution in [0.5, 0.6) is 5.75 Å². The van der Waals surface area contributed by atoms with E-state index in [4.69, 9.17) is 17.0 Å². The Morgan fingerprint density at radius 1 is 1.30 bits per heavy atom. The summed E-state index contributed by atoms with van der Waals surface area (Å²) in [6, 6.07) is 6.20. The molecule has 3 rings (SSSR count). The summed E-state index contributed by atoms with van der Waals surface area (Å²) in [6.45, 7) is 5.01. The van der Waals surface area contributed by atoms with Crippen molar-refractivity contribution >= 4 is 23.3 Å². The van der Waals surface area contributed by atoms with Crippen molar-refractivity contribution in [2.24, 2.45) is 0 Å². The van der Waals surface area contributed by atoms with Crippen molar-refractivity contribution in [2.45, 2.75) is 51.5 Å². The molecular weight excluding hydrogens is 268 g/mol. The third-order valence-corrected chi connectivity index (χ3v) is 4.74. The van der Waals surface area contributed by atoms with Crippen LogP contribution >= 0.6 is 12.2 Å². The van der Waals surface area contributed by atoms with Crippen molar-refractivity contribution in [3.05, 3.63) is 23.0 Å². The zero-order valence-electron chi connectivity index (χ0n) is 12.2. The van der Waals surface area contributed by atoms with E-state index < -0.39 is 0 Å². The number of aromatic nitrogens is 2. The Kier molecular flexibility index (Phi) is 3.59. The van der Waals surface area contributed by atoms with Gasteiger partial charge in [-0.25, -0.2) is 0 Å². The molecule has 0 atom stereocenters. The van der Waals surface area contributed by atoms with Crippen LogP contribution in [0, 0.1) is 4.77 Å². The average Bonchev–Trinajstić information content (AvgIpc) is 2.78. The van der Waals surface area contributed by atoms with E-state index in [1.54, 1.807) is 0 Å². The number of aromatic amines is 1. The van der Waals surface area contributed by atoms with E-state index in [-0.39, 0.29) is 5.54 Å². The van der Waals surface area contributed by atoms with Gasteiger partial charge in [-0.1, -0.05) is 25.3 Å². The van der Waals surface area contributed by atoms with Crippen molar-refractivity contribution in [2.75, 3.05) is 6.61 Å². The number of nitrogens with one attached hydrogen (secondary N) is 1. The lowest BCUT2D eigenvalue weighted by atomic mass is 9.83. The van der Waals surface area contributed by atoms with E-state index in [1.807, 2.05) is 13.0 Å². The zero-order chi connectivity index (χ0) is 14.2. The van der Waals surface area contributed by atoms with Gasteiger partial charge in [0.2, 0.25) is 0 Å². The lowest BCUT2D eigenvalue weighted by Gasteiger charge is -2.35. The van der Waals surface area contributed by atoms with Crippen LogP contribution in [0.3, 0.4) is 0 Å². The van der Waals surface area contributed by atoms with Gasteiger partial charge in [-0.3, -0.25) is 0 Å². The molecule has 20 heavy (non-hydrogen) atoms. The van der Waals surface area contributed by atoms with Crippen LogP contribution in [0.25, 0.3) is 11.0 Å². The monoisotopic (exact) mass is 290 g/mol. The van der Waals surface area contributed by atoms with Gasteiger partial charge < -0.3 is 14.3 Å². The molecule has 0 bridgehead atoms. The molecular formula is C16H22N2OS. The molecule has 108 valence electrons. The summed E-state index contributed by atoms with van der Waals surface area (Å²) in [4.78, 5) is 3.36. The number of ether oxygens (including phenoxy) is 1. The van der Waals surface area contributed by atoms with Crippen LogP contribution in [0.2, 0.25) is 0 Å². The summed E-state index contributed by atoms with van der Waals surface area (Å²) in [7, 11) is 0. The highest BCUT2D eigenvalue weighted by Gasteiger charge is 2.31. The normalized spacial score (nSPS) is 18.3. The molecule has 0 radical (unpaired) electrons. The smallest absolute Gasteiger partial charge is 0.178 e. The Morgan fingerprint density at radius 3 is 2.75 bits per heavy atom. The predicted molar refractivity (Wildman–Crippen MR) is 85.0 cm³/mol. The van der Waals surface area contributed by atoms with E-state index >= 15 is 0 Å². The molecule has 1 saturated carbocycles. The Bertz CT molecular complexity index is 665. The molecule has 0 saturated heterocycles. The second-order valence-electron chi connectivity index (χ2n) is 5.91. The van der Waals surface area contributed by atoms with Gasteiger partial charge in [0.1, 0.15) is 11.3 Å². The second kappa shape index (κ2) is 5.24. The number of fused-ring (bicyclic) bond motifs is 1. The zero-order valence-corrected chi connectivity index (χ0v) is 13.1. The maximum absolute atomic E-state index is 5.72. The fourth-order valence-electron chi connectivity index (χ4n) is 3.45. The summed E-state index contributed by atoms with van der Waals surface area (Å²) in [5.41, 5.74) is 2.34. The van der Waals surface area contributed by atoms with Crippen molar-refractivity contribution in [1.29, 1.82) is 0 Å². The van der Waals surface area contributed by atoms with Gasteiger partial charge in [0.25, 0.3) is 0 Å². The van der Waals surface area contributed by atoms with Gasteiger partial charge >= 0.3 is 0 Å². The lowest BCUT2D eigenvalue weighted by molar-refractivity contribution is 0.222. The first-order valence-corrected chi connectivity index (χ1v) is 7.93. The molecule has 1 fully saturated rings. The number of rotatable bonds is 3. The second-order valence-corrected chi connectivity index (χ2v) is 6.29. The molecule has 1 N–H and O–H groups in total. The summed E-state index contributed by atoms with van der Waals surface area (Å²) >= 11 is 5.60. The summed E-state index contributed by atoms with van der Waals surface area (Å²) in [5, 5.41) is 0. The summed E-state index contributed by atoms with van der Waals surface area (Å²) in [5.74, 6) is 0.897. The highest BCUT2D eigenvalue weighted by atomic mass is 32.1. The first kappa shape index (κ1) is 13.7. The largest absolute Gasteiger partial charge is 0.492 e. The summed E-state index contributed by atoms with van der Waals surface area (Å²) in [6.07, 6.45) is 6.32. The standard InChI is InChI=1S/C16H22N2OS/c1-3-19-13-9-7-8-12-14(13)17-15(20)18(12)16(2)10-5-4-6-11-16/h7-9H,3-6,10-11H2,1-2H3,(H,17,20). The van der Waals surface area contributed by atoms with Crippen LogP contribution in [0.1, 0.15) is 46.0 Å². The molecule has 0 amide bonds. The van der Waals surface area contributed by atoms with Gasteiger partial charge in [0, 0.05) is 5.54 Å². The predicted octanol–water partition coefficient (Wildman–Crippen LogP) is 4.78. The van der Waals surface area contributed by atoms with Crippen LogP contribution in [0.15, 0.2) is 18.2 Å². The first-order chi connectivity index (χ1) is 9.65. The molecule has 0 spiro atoms. The number of hydrogen-bond donors (Lipinski definition) is 1.